The van der Waals surface area contributed by atoms with Gasteiger partial charge in [-0.2, -0.15) is 0 Å². The SMILES string of the molecule is COC(=O)CN(C)Cc1ccc(-c2cncc(Br)c2)cc1. The predicted octanol–water partition coefficient (Wildman–Crippen LogP) is 3.12. The molecule has 0 aliphatic carbocycles. The maximum Gasteiger partial charge on any atom is 0.319 e. The van der Waals surface area contributed by atoms with Crippen LogP contribution in [0.15, 0.2) is 47.2 Å². The zero-order valence-electron chi connectivity index (χ0n) is 12.0. The zero-order valence-corrected chi connectivity index (χ0v) is 13.6. The molecule has 1 aromatic heterocycles. The van der Waals surface area contributed by atoms with Gasteiger partial charge in [-0.05, 0) is 40.2 Å². The van der Waals surface area contributed by atoms with Crippen molar-refractivity contribution in [1.29, 1.82) is 0 Å². The molecule has 1 aromatic carbocycles. The fourth-order valence-electron chi connectivity index (χ4n) is 2.02. The number of benzene rings is 1. The van der Waals surface area contributed by atoms with E-state index >= 15 is 0 Å². The number of likely N-dealkylation sites (N-methyl/N-ethyl adjacent to an activating group) is 1. The highest BCUT2D eigenvalue weighted by Gasteiger charge is 2.07. The second-order valence-corrected chi connectivity index (χ2v) is 5.75. The highest BCUT2D eigenvalue weighted by molar-refractivity contribution is 9.10. The minimum absolute atomic E-state index is 0.227. The van der Waals surface area contributed by atoms with Gasteiger partial charge in [0.15, 0.2) is 0 Å². The van der Waals surface area contributed by atoms with E-state index in [1.807, 2.05) is 24.2 Å². The van der Waals surface area contributed by atoms with Crippen LogP contribution in [0.3, 0.4) is 0 Å². The van der Waals surface area contributed by atoms with Crippen molar-refractivity contribution in [1.82, 2.24) is 9.88 Å². The van der Waals surface area contributed by atoms with Crippen LogP contribution in [0.2, 0.25) is 0 Å². The van der Waals surface area contributed by atoms with E-state index in [2.05, 4.69) is 49.9 Å². The lowest BCUT2D eigenvalue weighted by molar-refractivity contribution is -0.141. The highest BCUT2D eigenvalue weighted by atomic mass is 79.9. The molecule has 4 nitrogen and oxygen atoms in total. The van der Waals surface area contributed by atoms with Crippen LogP contribution in [-0.2, 0) is 16.1 Å². The second kappa shape index (κ2) is 7.33. The Morgan fingerprint density at radius 1 is 1.24 bits per heavy atom. The summed E-state index contributed by atoms with van der Waals surface area (Å²) in [5.41, 5.74) is 3.33. The van der Waals surface area contributed by atoms with Crippen molar-refractivity contribution in [2.75, 3.05) is 20.7 Å². The van der Waals surface area contributed by atoms with Crippen LogP contribution in [-0.4, -0.2) is 36.6 Å². The summed E-state index contributed by atoms with van der Waals surface area (Å²) in [6.45, 7) is 0.986. The first kappa shape index (κ1) is 15.7. The number of pyridine rings is 1. The van der Waals surface area contributed by atoms with Gasteiger partial charge in [0, 0.05) is 29.0 Å². The Balaban J connectivity index is 2.04. The number of nitrogens with zero attached hydrogens (tertiary/aromatic N) is 2. The fourth-order valence-corrected chi connectivity index (χ4v) is 2.39. The monoisotopic (exact) mass is 348 g/mol. The molecule has 0 saturated heterocycles. The first-order chi connectivity index (χ1) is 10.1. The third-order valence-electron chi connectivity index (χ3n) is 3.07. The minimum Gasteiger partial charge on any atom is -0.468 e. The number of ether oxygens (including phenoxy) is 1. The average molecular weight is 349 g/mol. The number of halogens is 1. The van der Waals surface area contributed by atoms with E-state index in [-0.39, 0.29) is 12.5 Å². The van der Waals surface area contributed by atoms with Crippen molar-refractivity contribution in [3.8, 4) is 11.1 Å². The molecular formula is C16H17BrN2O2. The topological polar surface area (TPSA) is 42.4 Å². The van der Waals surface area contributed by atoms with E-state index < -0.39 is 0 Å². The number of hydrogen-bond acceptors (Lipinski definition) is 4. The Morgan fingerprint density at radius 3 is 2.57 bits per heavy atom. The predicted molar refractivity (Wildman–Crippen MR) is 85.7 cm³/mol. The Morgan fingerprint density at radius 2 is 1.95 bits per heavy atom. The molecular weight excluding hydrogens is 332 g/mol. The maximum absolute atomic E-state index is 11.2. The Bertz CT molecular complexity index is 614. The lowest BCUT2D eigenvalue weighted by Gasteiger charge is -2.15. The number of rotatable bonds is 5. The molecule has 0 amide bonds. The van der Waals surface area contributed by atoms with Crippen LogP contribution in [0.4, 0.5) is 0 Å². The lowest BCUT2D eigenvalue weighted by Crippen LogP contribution is -2.26. The first-order valence-electron chi connectivity index (χ1n) is 6.53. The van der Waals surface area contributed by atoms with E-state index in [1.54, 1.807) is 6.20 Å². The van der Waals surface area contributed by atoms with E-state index in [0.717, 1.165) is 21.2 Å². The van der Waals surface area contributed by atoms with Crippen molar-refractivity contribution in [3.05, 3.63) is 52.8 Å². The summed E-state index contributed by atoms with van der Waals surface area (Å²) < 4.78 is 5.61. The fraction of sp³-hybridized carbons (Fsp3) is 0.250. The van der Waals surface area contributed by atoms with Crippen LogP contribution < -0.4 is 0 Å². The Kier molecular flexibility index (Phi) is 5.47. The molecule has 0 spiro atoms. The van der Waals surface area contributed by atoms with Crippen LogP contribution in [0.5, 0.6) is 0 Å². The number of carbonyl (C=O) groups excluding carboxylic acids is 1. The molecule has 0 saturated carbocycles. The zero-order chi connectivity index (χ0) is 15.2. The van der Waals surface area contributed by atoms with Gasteiger partial charge in [0.25, 0.3) is 0 Å². The van der Waals surface area contributed by atoms with Crippen LogP contribution >= 0.6 is 15.9 Å². The van der Waals surface area contributed by atoms with E-state index in [4.69, 9.17) is 0 Å². The standard InChI is InChI=1S/C16H17BrN2O2/c1-19(11-16(20)21-2)10-12-3-5-13(6-4-12)14-7-15(17)9-18-8-14/h3-9H,10-11H2,1-2H3. The minimum atomic E-state index is -0.227. The third kappa shape index (κ3) is 4.65. The summed E-state index contributed by atoms with van der Waals surface area (Å²) >= 11 is 3.42. The smallest absolute Gasteiger partial charge is 0.319 e. The maximum atomic E-state index is 11.2. The Labute approximate surface area is 132 Å². The van der Waals surface area contributed by atoms with Crippen LogP contribution in [0, 0.1) is 0 Å². The molecule has 0 bridgehead atoms. The first-order valence-corrected chi connectivity index (χ1v) is 7.33. The molecule has 1 heterocycles. The number of methoxy groups -OCH3 is 1. The number of carbonyl (C=O) groups is 1. The normalized spacial score (nSPS) is 10.7. The van der Waals surface area contributed by atoms with Gasteiger partial charge >= 0.3 is 5.97 Å². The van der Waals surface area contributed by atoms with Gasteiger partial charge in [-0.25, -0.2) is 0 Å². The largest absolute Gasteiger partial charge is 0.468 e. The van der Waals surface area contributed by atoms with E-state index in [9.17, 15) is 4.79 Å². The van der Waals surface area contributed by atoms with Gasteiger partial charge in [-0.15, -0.1) is 0 Å². The second-order valence-electron chi connectivity index (χ2n) is 4.84. The molecule has 0 aliphatic heterocycles. The van der Waals surface area contributed by atoms with Gasteiger partial charge in [-0.3, -0.25) is 14.7 Å². The van der Waals surface area contributed by atoms with Crippen molar-refractivity contribution < 1.29 is 9.53 Å². The molecule has 0 radical (unpaired) electrons. The van der Waals surface area contributed by atoms with Gasteiger partial charge < -0.3 is 4.74 Å². The van der Waals surface area contributed by atoms with E-state index in [0.29, 0.717) is 6.54 Å². The van der Waals surface area contributed by atoms with Crippen molar-refractivity contribution in [3.63, 3.8) is 0 Å². The van der Waals surface area contributed by atoms with Gasteiger partial charge in [-0.1, -0.05) is 24.3 Å². The molecule has 0 atom stereocenters. The summed E-state index contributed by atoms with van der Waals surface area (Å²) in [5, 5.41) is 0. The van der Waals surface area contributed by atoms with Crippen molar-refractivity contribution in [2.24, 2.45) is 0 Å². The summed E-state index contributed by atoms with van der Waals surface area (Å²) in [6, 6.07) is 10.3. The van der Waals surface area contributed by atoms with E-state index in [1.165, 1.54) is 7.11 Å². The molecule has 2 rings (SSSR count). The third-order valence-corrected chi connectivity index (χ3v) is 3.50. The van der Waals surface area contributed by atoms with Gasteiger partial charge in [0.2, 0.25) is 0 Å². The molecule has 0 unspecified atom stereocenters. The van der Waals surface area contributed by atoms with Crippen LogP contribution in [0.25, 0.3) is 11.1 Å². The summed E-state index contributed by atoms with van der Waals surface area (Å²) in [5.74, 6) is -0.227. The molecule has 110 valence electrons. The van der Waals surface area contributed by atoms with Crippen molar-refractivity contribution in [2.45, 2.75) is 6.54 Å². The number of hydrogen-bond donors (Lipinski definition) is 0. The van der Waals surface area contributed by atoms with Gasteiger partial charge in [0.1, 0.15) is 0 Å². The highest BCUT2D eigenvalue weighted by Crippen LogP contribution is 2.22. The van der Waals surface area contributed by atoms with Crippen LogP contribution in [0.1, 0.15) is 5.56 Å². The number of esters is 1. The quantitative estimate of drug-likeness (QED) is 0.778. The molecule has 0 N–H and O–H groups in total. The van der Waals surface area contributed by atoms with Crippen molar-refractivity contribution >= 4 is 21.9 Å². The van der Waals surface area contributed by atoms with Gasteiger partial charge in [0.05, 0.1) is 13.7 Å². The average Bonchev–Trinajstić information content (AvgIpc) is 2.47. The molecule has 2 aromatic rings. The Hall–Kier alpha value is -1.72. The summed E-state index contributed by atoms with van der Waals surface area (Å²) in [6.07, 6.45) is 3.60. The molecule has 0 fully saturated rings. The summed E-state index contributed by atoms with van der Waals surface area (Å²) in [4.78, 5) is 17.3. The molecule has 0 aliphatic rings. The molecule has 21 heavy (non-hydrogen) atoms. The molecule has 5 heteroatoms. The number of aromatic nitrogens is 1. The summed E-state index contributed by atoms with van der Waals surface area (Å²) in [7, 11) is 3.29. The lowest BCUT2D eigenvalue weighted by atomic mass is 10.1.